The number of aryl methyl sites for hydroxylation is 1. The van der Waals surface area contributed by atoms with E-state index in [1.165, 1.54) is 6.92 Å². The summed E-state index contributed by atoms with van der Waals surface area (Å²) in [5.74, 6) is -2.76. The second-order valence-corrected chi connectivity index (χ2v) is 7.93. The van der Waals surface area contributed by atoms with E-state index in [4.69, 9.17) is 4.79 Å². The molecule has 0 spiro atoms. The number of rotatable bonds is 5. The minimum atomic E-state index is -1.24. The molecule has 0 radical (unpaired) electrons. The van der Waals surface area contributed by atoms with Gasteiger partial charge in [0.05, 0.1) is 0 Å². The molecular formula is C22H28F3NO2. The molecule has 2 rings (SSSR count). The molecule has 1 aromatic heterocycles. The van der Waals surface area contributed by atoms with Crippen molar-refractivity contribution >= 4 is 6.29 Å². The molecule has 1 aromatic carbocycles. The normalized spacial score (nSPS) is 11.2. The van der Waals surface area contributed by atoms with E-state index in [0.29, 0.717) is 17.5 Å². The van der Waals surface area contributed by atoms with Gasteiger partial charge in [-0.25, -0.2) is 13.2 Å². The quantitative estimate of drug-likeness (QED) is 0.557. The van der Waals surface area contributed by atoms with E-state index in [1.54, 1.807) is 6.07 Å². The number of carbonyl (C=O) groups excluding carboxylic acids is 1. The number of halogens is 3. The predicted molar refractivity (Wildman–Crippen MR) is 105 cm³/mol. The zero-order valence-electron chi connectivity index (χ0n) is 17.3. The molecule has 2 aromatic rings. The maximum atomic E-state index is 13.8. The minimum absolute atomic E-state index is 0.0435. The summed E-state index contributed by atoms with van der Waals surface area (Å²) < 4.78 is 40.2. The minimum Gasteiger partial charge on any atom is -0.325 e. The summed E-state index contributed by atoms with van der Waals surface area (Å²) in [6, 6.07) is 3.01. The van der Waals surface area contributed by atoms with E-state index in [9.17, 15) is 18.0 Å². The Bertz CT molecular complexity index is 886. The van der Waals surface area contributed by atoms with E-state index in [2.05, 4.69) is 32.7 Å². The molecule has 1 heterocycles. The highest BCUT2D eigenvalue weighted by molar-refractivity contribution is 5.44. The van der Waals surface area contributed by atoms with E-state index >= 15 is 0 Å². The number of hydrogen-bond acceptors (Lipinski definition) is 2. The number of aromatic nitrogens is 1. The number of aldehydes is 1. The van der Waals surface area contributed by atoms with E-state index in [1.807, 2.05) is 6.92 Å². The molecule has 154 valence electrons. The summed E-state index contributed by atoms with van der Waals surface area (Å²) in [4.78, 5) is 24.2. The molecule has 0 saturated heterocycles. The summed E-state index contributed by atoms with van der Waals surface area (Å²) in [5.41, 5.74) is 1.48. The Labute approximate surface area is 164 Å². The van der Waals surface area contributed by atoms with E-state index < -0.39 is 17.5 Å². The van der Waals surface area contributed by atoms with Gasteiger partial charge in [-0.3, -0.25) is 4.79 Å². The molecule has 0 unspecified atom stereocenters. The molecule has 3 nitrogen and oxygen atoms in total. The maximum Gasteiger partial charge on any atom is 0.251 e. The third kappa shape index (κ3) is 6.08. The molecule has 0 atom stereocenters. The van der Waals surface area contributed by atoms with Crippen molar-refractivity contribution in [2.45, 2.75) is 59.8 Å². The molecule has 0 saturated carbocycles. The highest BCUT2D eigenvalue weighted by Gasteiger charge is 2.25. The average molecular weight is 395 g/mol. The summed E-state index contributed by atoms with van der Waals surface area (Å²) in [7, 11) is 0. The van der Waals surface area contributed by atoms with Crippen molar-refractivity contribution in [2.75, 3.05) is 0 Å². The number of benzene rings is 1. The van der Waals surface area contributed by atoms with Gasteiger partial charge in [-0.15, -0.1) is 0 Å². The van der Waals surface area contributed by atoms with Gasteiger partial charge in [0.25, 0.3) is 5.56 Å². The Morgan fingerprint density at radius 2 is 1.57 bits per heavy atom. The molecule has 0 aliphatic carbocycles. The smallest absolute Gasteiger partial charge is 0.251 e. The average Bonchev–Trinajstić information content (AvgIpc) is 2.55. The van der Waals surface area contributed by atoms with Crippen LogP contribution in [0.4, 0.5) is 13.2 Å². The van der Waals surface area contributed by atoms with Crippen LogP contribution in [0.3, 0.4) is 0 Å². The highest BCUT2D eigenvalue weighted by atomic mass is 19.2. The van der Waals surface area contributed by atoms with Gasteiger partial charge < -0.3 is 9.78 Å². The van der Waals surface area contributed by atoms with Gasteiger partial charge in [-0.1, -0.05) is 27.7 Å². The van der Waals surface area contributed by atoms with Crippen LogP contribution < -0.4 is 5.56 Å². The Kier molecular flexibility index (Phi) is 8.21. The second kappa shape index (κ2) is 9.71. The Hall–Kier alpha value is -2.37. The number of nitrogens with one attached hydrogen (secondary N) is 1. The van der Waals surface area contributed by atoms with Crippen LogP contribution in [0.25, 0.3) is 0 Å². The van der Waals surface area contributed by atoms with Crippen LogP contribution in [0.2, 0.25) is 0 Å². The lowest BCUT2D eigenvalue weighted by atomic mass is 9.79. The standard InChI is InChI=1S/C20H24F3NO.C2H4O/c1-11(2)10-20(4,5)18-12(3)6-14(19(25)24-18)7-13-8-16(22)17(23)9-15(13)21;1-2-3/h6,8-9,11H,7,10H2,1-5H3,(H,24,25);2H,1H3. The van der Waals surface area contributed by atoms with Crippen molar-refractivity contribution in [3.05, 3.63) is 68.4 Å². The van der Waals surface area contributed by atoms with Gasteiger partial charge in [-0.2, -0.15) is 0 Å². The molecule has 1 N–H and O–H groups in total. The predicted octanol–water partition coefficient (Wildman–Crippen LogP) is 5.22. The summed E-state index contributed by atoms with van der Waals surface area (Å²) in [5, 5.41) is 0. The molecule has 0 amide bonds. The number of carbonyl (C=O) groups is 1. The van der Waals surface area contributed by atoms with Gasteiger partial charge in [0.15, 0.2) is 11.6 Å². The van der Waals surface area contributed by atoms with Crippen LogP contribution in [-0.4, -0.2) is 11.3 Å². The molecule has 0 fully saturated rings. The fourth-order valence-electron chi connectivity index (χ4n) is 3.55. The monoisotopic (exact) mass is 395 g/mol. The maximum absolute atomic E-state index is 13.8. The van der Waals surface area contributed by atoms with Gasteiger partial charge in [0, 0.05) is 29.2 Å². The zero-order chi connectivity index (χ0) is 21.6. The van der Waals surface area contributed by atoms with Crippen molar-refractivity contribution in [1.82, 2.24) is 4.98 Å². The number of H-pyrrole nitrogens is 1. The van der Waals surface area contributed by atoms with Crippen molar-refractivity contribution in [1.29, 1.82) is 0 Å². The first-order valence-corrected chi connectivity index (χ1v) is 9.19. The van der Waals surface area contributed by atoms with Crippen LogP contribution in [0.5, 0.6) is 0 Å². The topological polar surface area (TPSA) is 49.9 Å². The van der Waals surface area contributed by atoms with Crippen LogP contribution in [-0.2, 0) is 16.6 Å². The molecule has 0 aliphatic rings. The SMILES string of the molecule is CC=O.Cc1cc(Cc2cc(F)c(F)cc2F)c(=O)[nH]c1C(C)(C)CC(C)C. The number of hydrogen-bond donors (Lipinski definition) is 1. The highest BCUT2D eigenvalue weighted by Crippen LogP contribution is 2.31. The molecule has 0 bridgehead atoms. The van der Waals surface area contributed by atoms with Crippen LogP contribution in [0.1, 0.15) is 63.4 Å². The van der Waals surface area contributed by atoms with Crippen LogP contribution in [0, 0.1) is 30.3 Å². The second-order valence-electron chi connectivity index (χ2n) is 7.93. The van der Waals surface area contributed by atoms with Gasteiger partial charge >= 0.3 is 0 Å². The first-order valence-electron chi connectivity index (χ1n) is 9.19. The van der Waals surface area contributed by atoms with Crippen molar-refractivity contribution < 1.29 is 18.0 Å². The fraction of sp³-hybridized carbons (Fsp3) is 0.455. The summed E-state index contributed by atoms with van der Waals surface area (Å²) >= 11 is 0. The Morgan fingerprint density at radius 1 is 1.04 bits per heavy atom. The third-order valence-corrected chi connectivity index (χ3v) is 4.38. The largest absolute Gasteiger partial charge is 0.325 e. The van der Waals surface area contributed by atoms with Crippen molar-refractivity contribution in [3.8, 4) is 0 Å². The zero-order valence-corrected chi connectivity index (χ0v) is 17.3. The first kappa shape index (κ1) is 23.7. The number of aromatic amines is 1. The summed E-state index contributed by atoms with van der Waals surface area (Å²) in [6.45, 7) is 11.7. The van der Waals surface area contributed by atoms with Gasteiger partial charge in [-0.05, 0) is 49.4 Å². The molecular weight excluding hydrogens is 367 g/mol. The van der Waals surface area contributed by atoms with Crippen LogP contribution >= 0.6 is 0 Å². The summed E-state index contributed by atoms with van der Waals surface area (Å²) in [6.07, 6.45) is 1.56. The van der Waals surface area contributed by atoms with Crippen LogP contribution in [0.15, 0.2) is 23.0 Å². The van der Waals surface area contributed by atoms with E-state index in [-0.39, 0.29) is 23.0 Å². The first-order chi connectivity index (χ1) is 12.9. The van der Waals surface area contributed by atoms with Gasteiger partial charge in [0.1, 0.15) is 12.1 Å². The molecule has 0 aliphatic heterocycles. The van der Waals surface area contributed by atoms with E-state index in [0.717, 1.165) is 30.0 Å². The van der Waals surface area contributed by atoms with Crippen molar-refractivity contribution in [2.24, 2.45) is 5.92 Å². The molecule has 6 heteroatoms. The third-order valence-electron chi connectivity index (χ3n) is 4.38. The lowest BCUT2D eigenvalue weighted by Crippen LogP contribution is -2.27. The number of pyridine rings is 1. The molecule has 28 heavy (non-hydrogen) atoms. The lowest BCUT2D eigenvalue weighted by Gasteiger charge is -2.28. The Balaban J connectivity index is 0.00000122. The van der Waals surface area contributed by atoms with Gasteiger partial charge in [0.2, 0.25) is 0 Å². The van der Waals surface area contributed by atoms with Crippen molar-refractivity contribution in [3.63, 3.8) is 0 Å². The fourth-order valence-corrected chi connectivity index (χ4v) is 3.55. The Morgan fingerprint density at radius 3 is 2.11 bits per heavy atom. The lowest BCUT2D eigenvalue weighted by molar-refractivity contribution is -0.106.